The van der Waals surface area contributed by atoms with Crippen LogP contribution in [0.5, 0.6) is 0 Å². The number of carbonyl (C=O) groups excluding carboxylic acids is 1. The van der Waals surface area contributed by atoms with Crippen LogP contribution in [-0.2, 0) is 9.53 Å². The van der Waals surface area contributed by atoms with Crippen molar-refractivity contribution in [2.75, 3.05) is 26.2 Å². The third-order valence-corrected chi connectivity index (χ3v) is 3.24. The van der Waals surface area contributed by atoms with Gasteiger partial charge in [0.2, 0.25) is 0 Å². The molecule has 2 amide bonds. The number of carboxylic acids is 1. The average molecular weight is 272 g/mol. The first-order chi connectivity index (χ1) is 8.84. The number of nitrogens with one attached hydrogen (secondary N) is 1. The van der Waals surface area contributed by atoms with Gasteiger partial charge in [-0.25, -0.2) is 4.79 Å². The Labute approximate surface area is 114 Å². The molecule has 1 heterocycles. The highest BCUT2D eigenvalue weighted by Gasteiger charge is 2.28. The Balaban J connectivity index is 2.33. The maximum atomic E-state index is 11.9. The van der Waals surface area contributed by atoms with Crippen molar-refractivity contribution < 1.29 is 19.4 Å². The van der Waals surface area contributed by atoms with Crippen molar-refractivity contribution in [2.24, 2.45) is 5.92 Å². The van der Waals surface area contributed by atoms with E-state index < -0.39 is 5.97 Å². The van der Waals surface area contributed by atoms with Crippen LogP contribution in [0.1, 0.15) is 33.6 Å². The minimum atomic E-state index is -0.801. The lowest BCUT2D eigenvalue weighted by molar-refractivity contribution is -0.138. The van der Waals surface area contributed by atoms with Crippen LogP contribution in [0.15, 0.2) is 0 Å². The maximum absolute atomic E-state index is 11.9. The Morgan fingerprint density at radius 3 is 2.74 bits per heavy atom. The number of urea groups is 1. The zero-order valence-electron chi connectivity index (χ0n) is 11.9. The minimum absolute atomic E-state index is 0.0724. The van der Waals surface area contributed by atoms with Gasteiger partial charge in [-0.2, -0.15) is 0 Å². The molecule has 0 aliphatic carbocycles. The van der Waals surface area contributed by atoms with E-state index in [4.69, 9.17) is 9.84 Å². The molecule has 0 spiro atoms. The molecule has 1 aliphatic heterocycles. The second-order valence-electron chi connectivity index (χ2n) is 5.55. The SMILES string of the molecule is CCOC(C)(C)CNC(=O)N1CCC(CC(=O)O)C1. The largest absolute Gasteiger partial charge is 0.481 e. The molecule has 1 saturated heterocycles. The average Bonchev–Trinajstić information content (AvgIpc) is 2.73. The highest BCUT2D eigenvalue weighted by atomic mass is 16.5. The van der Waals surface area contributed by atoms with Gasteiger partial charge >= 0.3 is 12.0 Å². The molecule has 2 N–H and O–H groups in total. The molecule has 0 saturated carbocycles. The van der Waals surface area contributed by atoms with E-state index in [2.05, 4.69) is 5.32 Å². The Morgan fingerprint density at radius 1 is 1.47 bits per heavy atom. The summed E-state index contributed by atoms with van der Waals surface area (Å²) >= 11 is 0. The molecule has 1 atom stereocenters. The van der Waals surface area contributed by atoms with Gasteiger partial charge in [0.25, 0.3) is 0 Å². The number of ether oxygens (including phenoxy) is 1. The van der Waals surface area contributed by atoms with Crippen molar-refractivity contribution in [1.82, 2.24) is 10.2 Å². The van der Waals surface area contributed by atoms with Gasteiger partial charge in [0.05, 0.1) is 5.60 Å². The van der Waals surface area contributed by atoms with Gasteiger partial charge in [-0.05, 0) is 33.1 Å². The summed E-state index contributed by atoms with van der Waals surface area (Å²) in [5, 5.41) is 11.6. The second kappa shape index (κ2) is 6.75. The Morgan fingerprint density at radius 2 is 2.16 bits per heavy atom. The van der Waals surface area contributed by atoms with Gasteiger partial charge in [-0.15, -0.1) is 0 Å². The van der Waals surface area contributed by atoms with Crippen LogP contribution in [0.4, 0.5) is 4.79 Å². The number of amides is 2. The van der Waals surface area contributed by atoms with Gasteiger partial charge in [0, 0.05) is 32.7 Å². The molecule has 1 aliphatic rings. The van der Waals surface area contributed by atoms with Gasteiger partial charge in [0.1, 0.15) is 0 Å². The van der Waals surface area contributed by atoms with Gasteiger partial charge in [-0.3, -0.25) is 4.79 Å². The topological polar surface area (TPSA) is 78.9 Å². The van der Waals surface area contributed by atoms with Crippen molar-refractivity contribution in [3.63, 3.8) is 0 Å². The Bertz CT molecular complexity index is 331. The molecule has 0 bridgehead atoms. The molecule has 19 heavy (non-hydrogen) atoms. The standard InChI is InChI=1S/C13H24N2O4/c1-4-19-13(2,3)9-14-12(18)15-6-5-10(8-15)7-11(16)17/h10H,4-9H2,1-3H3,(H,14,18)(H,16,17). The van der Waals surface area contributed by atoms with Crippen molar-refractivity contribution in [3.8, 4) is 0 Å². The first-order valence-corrected chi connectivity index (χ1v) is 6.72. The maximum Gasteiger partial charge on any atom is 0.317 e. The summed E-state index contributed by atoms with van der Waals surface area (Å²) in [7, 11) is 0. The quantitative estimate of drug-likeness (QED) is 0.764. The molecule has 6 nitrogen and oxygen atoms in total. The number of carbonyl (C=O) groups is 2. The molecule has 0 radical (unpaired) electrons. The fourth-order valence-electron chi connectivity index (χ4n) is 2.27. The number of rotatable bonds is 6. The zero-order valence-corrected chi connectivity index (χ0v) is 11.9. The minimum Gasteiger partial charge on any atom is -0.481 e. The molecule has 0 aromatic heterocycles. The highest BCUT2D eigenvalue weighted by Crippen LogP contribution is 2.19. The van der Waals surface area contributed by atoms with Gasteiger partial charge in [-0.1, -0.05) is 0 Å². The van der Waals surface area contributed by atoms with E-state index in [0.717, 1.165) is 6.42 Å². The monoisotopic (exact) mass is 272 g/mol. The molecule has 1 unspecified atom stereocenters. The van der Waals surface area contributed by atoms with Gasteiger partial charge < -0.3 is 20.1 Å². The van der Waals surface area contributed by atoms with E-state index in [1.807, 2.05) is 20.8 Å². The normalized spacial score (nSPS) is 19.5. The Hall–Kier alpha value is -1.30. The van der Waals surface area contributed by atoms with E-state index in [-0.39, 0.29) is 24.0 Å². The molecular weight excluding hydrogens is 248 g/mol. The molecular formula is C13H24N2O4. The first kappa shape index (κ1) is 15.8. The van der Waals surface area contributed by atoms with Crippen LogP contribution >= 0.6 is 0 Å². The number of likely N-dealkylation sites (tertiary alicyclic amines) is 1. The smallest absolute Gasteiger partial charge is 0.317 e. The molecule has 0 aromatic rings. The van der Waals surface area contributed by atoms with Crippen LogP contribution in [0.25, 0.3) is 0 Å². The number of aliphatic carboxylic acids is 1. The molecule has 110 valence electrons. The van der Waals surface area contributed by atoms with Crippen LogP contribution in [0.2, 0.25) is 0 Å². The lowest BCUT2D eigenvalue weighted by Crippen LogP contribution is -2.46. The summed E-state index contributed by atoms with van der Waals surface area (Å²) in [6.07, 6.45) is 0.892. The molecule has 1 fully saturated rings. The van der Waals surface area contributed by atoms with Crippen molar-refractivity contribution in [3.05, 3.63) is 0 Å². The van der Waals surface area contributed by atoms with Crippen LogP contribution in [0, 0.1) is 5.92 Å². The molecule has 6 heteroatoms. The fraction of sp³-hybridized carbons (Fsp3) is 0.846. The predicted octanol–water partition coefficient (Wildman–Crippen LogP) is 1.31. The molecule has 0 aromatic carbocycles. The number of hydrogen-bond donors (Lipinski definition) is 2. The van der Waals surface area contributed by atoms with Crippen molar-refractivity contribution >= 4 is 12.0 Å². The highest BCUT2D eigenvalue weighted by molar-refractivity contribution is 5.74. The summed E-state index contributed by atoms with van der Waals surface area (Å²) in [6, 6.07) is -0.138. The first-order valence-electron chi connectivity index (χ1n) is 6.72. The predicted molar refractivity (Wildman–Crippen MR) is 71.0 cm³/mol. The van der Waals surface area contributed by atoms with Crippen LogP contribution in [-0.4, -0.2) is 53.8 Å². The van der Waals surface area contributed by atoms with Crippen LogP contribution < -0.4 is 5.32 Å². The van der Waals surface area contributed by atoms with Crippen molar-refractivity contribution in [1.29, 1.82) is 0 Å². The number of hydrogen-bond acceptors (Lipinski definition) is 3. The van der Waals surface area contributed by atoms with E-state index in [1.54, 1.807) is 4.90 Å². The zero-order chi connectivity index (χ0) is 14.5. The fourth-order valence-corrected chi connectivity index (χ4v) is 2.27. The van der Waals surface area contributed by atoms with E-state index in [1.165, 1.54) is 0 Å². The second-order valence-corrected chi connectivity index (χ2v) is 5.55. The Kier molecular flexibility index (Phi) is 5.60. The van der Waals surface area contributed by atoms with E-state index >= 15 is 0 Å². The van der Waals surface area contributed by atoms with E-state index in [9.17, 15) is 9.59 Å². The lowest BCUT2D eigenvalue weighted by atomic mass is 10.1. The molecule has 1 rings (SSSR count). The third kappa shape index (κ3) is 5.46. The van der Waals surface area contributed by atoms with Gasteiger partial charge in [0.15, 0.2) is 0 Å². The van der Waals surface area contributed by atoms with E-state index in [0.29, 0.717) is 26.2 Å². The number of nitrogens with zero attached hydrogens (tertiary/aromatic N) is 1. The van der Waals surface area contributed by atoms with Crippen molar-refractivity contribution in [2.45, 2.75) is 39.2 Å². The summed E-state index contributed by atoms with van der Waals surface area (Å²) < 4.78 is 5.51. The summed E-state index contributed by atoms with van der Waals surface area (Å²) in [6.45, 7) is 7.96. The summed E-state index contributed by atoms with van der Waals surface area (Å²) in [4.78, 5) is 24.2. The lowest BCUT2D eigenvalue weighted by Gasteiger charge is -2.26. The third-order valence-electron chi connectivity index (χ3n) is 3.24. The van der Waals surface area contributed by atoms with Crippen LogP contribution in [0.3, 0.4) is 0 Å². The summed E-state index contributed by atoms with van der Waals surface area (Å²) in [5.74, 6) is -0.729. The number of carboxylic acid groups (broad SMARTS) is 1. The summed E-state index contributed by atoms with van der Waals surface area (Å²) in [5.41, 5.74) is -0.384.